The van der Waals surface area contributed by atoms with Crippen LogP contribution < -0.4 is 14.2 Å². The van der Waals surface area contributed by atoms with E-state index in [-0.39, 0.29) is 12.9 Å². The van der Waals surface area contributed by atoms with Gasteiger partial charge in [0.05, 0.1) is 0 Å². The van der Waals surface area contributed by atoms with E-state index in [1.807, 2.05) is 12.1 Å². The molecule has 1 aliphatic rings. The second-order valence-corrected chi connectivity index (χ2v) is 8.45. The predicted octanol–water partition coefficient (Wildman–Crippen LogP) is 6.18. The molecule has 1 aliphatic heterocycles. The Kier molecular flexibility index (Phi) is 6.78. The van der Waals surface area contributed by atoms with Gasteiger partial charge in [0.2, 0.25) is 6.79 Å². The van der Waals surface area contributed by atoms with Crippen molar-refractivity contribution in [3.63, 3.8) is 0 Å². The summed E-state index contributed by atoms with van der Waals surface area (Å²) in [5.41, 5.74) is 3.73. The number of rotatable bonds is 9. The molecule has 0 amide bonds. The predicted molar refractivity (Wildman–Crippen MR) is 124 cm³/mol. The third kappa shape index (κ3) is 5.59. The lowest BCUT2D eigenvalue weighted by Gasteiger charge is -2.24. The molecule has 3 aromatic rings. The van der Waals surface area contributed by atoms with Crippen LogP contribution in [-0.2, 0) is 6.54 Å². The highest BCUT2D eigenvalue weighted by atomic mass is 16.7. The van der Waals surface area contributed by atoms with Gasteiger partial charge in [0.25, 0.3) is 0 Å². The van der Waals surface area contributed by atoms with E-state index in [4.69, 9.17) is 14.2 Å². The molecule has 0 N–H and O–H groups in total. The number of fused-ring (bicyclic) bond motifs is 1. The van der Waals surface area contributed by atoms with Crippen LogP contribution in [-0.4, -0.2) is 25.3 Å². The van der Waals surface area contributed by atoms with Crippen molar-refractivity contribution >= 4 is 0 Å². The summed E-state index contributed by atoms with van der Waals surface area (Å²) in [6.07, 6.45) is 0.798. The second-order valence-electron chi connectivity index (χ2n) is 8.45. The molecule has 1 atom stereocenters. The zero-order valence-corrected chi connectivity index (χ0v) is 18.6. The van der Waals surface area contributed by atoms with Gasteiger partial charge < -0.3 is 19.1 Å². The fourth-order valence-electron chi connectivity index (χ4n) is 3.81. The summed E-state index contributed by atoms with van der Waals surface area (Å²) in [5, 5.41) is 0. The van der Waals surface area contributed by atoms with Gasteiger partial charge >= 0.3 is 0 Å². The van der Waals surface area contributed by atoms with E-state index in [1.54, 1.807) is 0 Å². The second kappa shape index (κ2) is 9.88. The number of benzene rings is 3. The molecule has 0 saturated carbocycles. The lowest BCUT2D eigenvalue weighted by atomic mass is 10.0. The Morgan fingerprint density at radius 1 is 0.871 bits per heavy atom. The Morgan fingerprint density at radius 3 is 2.32 bits per heavy atom. The smallest absolute Gasteiger partial charge is 0.231 e. The average molecular weight is 418 g/mol. The Bertz CT molecular complexity index is 970. The van der Waals surface area contributed by atoms with E-state index in [9.17, 15) is 0 Å². The van der Waals surface area contributed by atoms with Crippen LogP contribution >= 0.6 is 0 Å². The first kappa shape index (κ1) is 21.3. The van der Waals surface area contributed by atoms with Crippen molar-refractivity contribution in [2.75, 3.05) is 20.4 Å². The van der Waals surface area contributed by atoms with Crippen LogP contribution in [0.1, 0.15) is 49.0 Å². The molecule has 0 saturated heterocycles. The molecule has 1 heterocycles. The van der Waals surface area contributed by atoms with Crippen molar-refractivity contribution in [3.05, 3.63) is 89.5 Å². The summed E-state index contributed by atoms with van der Waals surface area (Å²) in [5.74, 6) is 2.98. The first-order valence-electron chi connectivity index (χ1n) is 11.0. The summed E-state index contributed by atoms with van der Waals surface area (Å²) in [6.45, 7) is 6.51. The van der Waals surface area contributed by atoms with Gasteiger partial charge in [-0.2, -0.15) is 0 Å². The maximum absolute atomic E-state index is 6.47. The minimum absolute atomic E-state index is 0.0716. The lowest BCUT2D eigenvalue weighted by Crippen LogP contribution is -2.22. The van der Waals surface area contributed by atoms with Crippen LogP contribution in [0.15, 0.2) is 72.8 Å². The van der Waals surface area contributed by atoms with Crippen molar-refractivity contribution in [3.8, 4) is 17.2 Å². The molecule has 4 heteroatoms. The normalized spacial score (nSPS) is 13.6. The first-order chi connectivity index (χ1) is 15.1. The minimum atomic E-state index is -0.0716. The zero-order valence-electron chi connectivity index (χ0n) is 18.6. The third-order valence-electron chi connectivity index (χ3n) is 5.66. The van der Waals surface area contributed by atoms with Gasteiger partial charge in [-0.15, -0.1) is 0 Å². The number of hydrogen-bond donors (Lipinski definition) is 0. The molecule has 4 rings (SSSR count). The Morgan fingerprint density at radius 2 is 1.58 bits per heavy atom. The van der Waals surface area contributed by atoms with Crippen LogP contribution in [0.3, 0.4) is 0 Å². The number of ether oxygens (including phenoxy) is 3. The first-order valence-corrected chi connectivity index (χ1v) is 11.0. The number of nitrogens with zero attached hydrogens (tertiary/aromatic N) is 1. The van der Waals surface area contributed by atoms with E-state index in [1.165, 1.54) is 11.1 Å². The van der Waals surface area contributed by atoms with E-state index in [0.29, 0.717) is 5.92 Å². The van der Waals surface area contributed by atoms with Gasteiger partial charge in [-0.05, 0) is 53.9 Å². The van der Waals surface area contributed by atoms with E-state index in [0.717, 1.165) is 42.3 Å². The Labute approximate surface area is 185 Å². The highest BCUT2D eigenvalue weighted by Gasteiger charge is 2.20. The molecule has 3 aromatic carbocycles. The van der Waals surface area contributed by atoms with Crippen LogP contribution in [0.2, 0.25) is 0 Å². The quantitative estimate of drug-likeness (QED) is 0.416. The molecule has 1 unspecified atom stereocenters. The highest BCUT2D eigenvalue weighted by molar-refractivity contribution is 5.45. The maximum Gasteiger partial charge on any atom is 0.231 e. The van der Waals surface area contributed by atoms with Crippen LogP contribution in [0.25, 0.3) is 0 Å². The van der Waals surface area contributed by atoms with Crippen molar-refractivity contribution in [1.82, 2.24) is 4.90 Å². The summed E-state index contributed by atoms with van der Waals surface area (Å²) < 4.78 is 17.6. The van der Waals surface area contributed by atoms with Gasteiger partial charge in [0.15, 0.2) is 11.5 Å². The molecule has 0 aromatic heterocycles. The van der Waals surface area contributed by atoms with E-state index in [2.05, 4.69) is 86.5 Å². The summed E-state index contributed by atoms with van der Waals surface area (Å²) in [4.78, 5) is 2.33. The fraction of sp³-hybridized carbons (Fsp3) is 0.333. The van der Waals surface area contributed by atoms with E-state index >= 15 is 0 Å². The molecule has 162 valence electrons. The molecule has 0 aliphatic carbocycles. The standard InChI is InChI=1S/C27H31NO3/c1-20(2)22-9-12-24(13-10-22)31-25(23-11-14-26-27(17-23)30-19-29-26)15-16-28(3)18-21-7-5-4-6-8-21/h4-14,17,20,25H,15-16,18-19H2,1-3H3. The topological polar surface area (TPSA) is 30.9 Å². The molecule has 0 bridgehead atoms. The van der Waals surface area contributed by atoms with Gasteiger partial charge in [-0.25, -0.2) is 0 Å². The van der Waals surface area contributed by atoms with Gasteiger partial charge in [0, 0.05) is 19.5 Å². The molecule has 4 nitrogen and oxygen atoms in total. The molecule has 0 fully saturated rings. The lowest BCUT2D eigenvalue weighted by molar-refractivity contribution is 0.168. The van der Waals surface area contributed by atoms with Crippen LogP contribution in [0.4, 0.5) is 0 Å². The molecule has 0 spiro atoms. The monoisotopic (exact) mass is 417 g/mol. The summed E-state index contributed by atoms with van der Waals surface area (Å²) >= 11 is 0. The summed E-state index contributed by atoms with van der Waals surface area (Å²) in [6, 6.07) is 25.1. The Hall–Kier alpha value is -2.98. The molecule has 31 heavy (non-hydrogen) atoms. The van der Waals surface area contributed by atoms with Crippen molar-refractivity contribution in [2.45, 2.75) is 38.8 Å². The summed E-state index contributed by atoms with van der Waals surface area (Å²) in [7, 11) is 2.15. The van der Waals surface area contributed by atoms with E-state index < -0.39 is 0 Å². The van der Waals surface area contributed by atoms with Crippen LogP contribution in [0.5, 0.6) is 17.2 Å². The van der Waals surface area contributed by atoms with Crippen LogP contribution in [0, 0.1) is 0 Å². The minimum Gasteiger partial charge on any atom is -0.486 e. The molecule has 0 radical (unpaired) electrons. The van der Waals surface area contributed by atoms with Gasteiger partial charge in [-0.3, -0.25) is 0 Å². The SMILES string of the molecule is CC(C)c1ccc(OC(CCN(C)Cc2ccccc2)c2ccc3c(c2)OCO3)cc1. The average Bonchev–Trinajstić information content (AvgIpc) is 3.25. The highest BCUT2D eigenvalue weighted by Crippen LogP contribution is 2.36. The number of hydrogen-bond acceptors (Lipinski definition) is 4. The van der Waals surface area contributed by atoms with Crippen molar-refractivity contribution in [2.24, 2.45) is 0 Å². The maximum atomic E-state index is 6.47. The van der Waals surface area contributed by atoms with Gasteiger partial charge in [-0.1, -0.05) is 62.4 Å². The molecular weight excluding hydrogens is 386 g/mol. The van der Waals surface area contributed by atoms with Crippen molar-refractivity contribution < 1.29 is 14.2 Å². The molecular formula is C27H31NO3. The zero-order chi connectivity index (χ0) is 21.6. The van der Waals surface area contributed by atoms with Crippen molar-refractivity contribution in [1.29, 1.82) is 0 Å². The third-order valence-corrected chi connectivity index (χ3v) is 5.66. The van der Waals surface area contributed by atoms with Gasteiger partial charge in [0.1, 0.15) is 11.9 Å². The Balaban J connectivity index is 1.48. The largest absolute Gasteiger partial charge is 0.486 e. The fourth-order valence-corrected chi connectivity index (χ4v) is 3.81.